The molecule has 2 aromatic rings. The minimum absolute atomic E-state index is 0.284. The first-order valence-electron chi connectivity index (χ1n) is 8.35. The van der Waals surface area contributed by atoms with Crippen LogP contribution in [-0.4, -0.2) is 47.9 Å². The number of anilines is 1. The number of hydrogen-bond acceptors (Lipinski definition) is 5. The summed E-state index contributed by atoms with van der Waals surface area (Å²) in [6, 6.07) is 14.0. The molecule has 0 aliphatic rings. The van der Waals surface area contributed by atoms with Gasteiger partial charge in [-0.3, -0.25) is 9.10 Å². The molecule has 1 N–H and O–H groups in total. The quantitative estimate of drug-likeness (QED) is 0.704. The Morgan fingerprint density at radius 2 is 1.48 bits per heavy atom. The molecule has 0 radical (unpaired) electrons. The van der Waals surface area contributed by atoms with Gasteiger partial charge in [0.1, 0.15) is 18.0 Å². The van der Waals surface area contributed by atoms with Crippen molar-refractivity contribution in [3.05, 3.63) is 54.1 Å². The fourth-order valence-electron chi connectivity index (χ4n) is 2.47. The van der Waals surface area contributed by atoms with Gasteiger partial charge in [-0.25, -0.2) is 8.42 Å². The van der Waals surface area contributed by atoms with Gasteiger partial charge in [-0.1, -0.05) is 12.1 Å². The van der Waals surface area contributed by atoms with E-state index in [0.717, 1.165) is 21.9 Å². The van der Waals surface area contributed by atoms with E-state index in [0.29, 0.717) is 24.4 Å². The number of carbonyl (C=O) groups excluding carboxylic acids is 1. The summed E-state index contributed by atoms with van der Waals surface area (Å²) in [5, 5.41) is 2.75. The summed E-state index contributed by atoms with van der Waals surface area (Å²) in [4.78, 5) is 12.2. The predicted octanol–water partition coefficient (Wildman–Crippen LogP) is 1.83. The largest absolute Gasteiger partial charge is 0.497 e. The highest BCUT2D eigenvalue weighted by Gasteiger charge is 2.20. The molecule has 2 aromatic carbocycles. The van der Waals surface area contributed by atoms with Crippen molar-refractivity contribution in [2.24, 2.45) is 0 Å². The minimum atomic E-state index is -3.60. The second-order valence-corrected chi connectivity index (χ2v) is 7.82. The van der Waals surface area contributed by atoms with E-state index in [4.69, 9.17) is 9.47 Å². The van der Waals surface area contributed by atoms with Gasteiger partial charge in [0.2, 0.25) is 15.9 Å². The Hall–Kier alpha value is -2.74. The van der Waals surface area contributed by atoms with Crippen LogP contribution in [0.5, 0.6) is 11.5 Å². The van der Waals surface area contributed by atoms with Crippen LogP contribution in [0.4, 0.5) is 5.69 Å². The summed E-state index contributed by atoms with van der Waals surface area (Å²) in [7, 11) is -0.470. The summed E-state index contributed by atoms with van der Waals surface area (Å²) >= 11 is 0. The fourth-order valence-corrected chi connectivity index (χ4v) is 3.33. The molecule has 1 amide bonds. The SMILES string of the molecule is COc1ccc(CCNC(=O)CN(c2ccc(OC)cc2)S(C)(=O)=O)cc1. The molecular weight excluding hydrogens is 368 g/mol. The lowest BCUT2D eigenvalue weighted by molar-refractivity contribution is -0.119. The first-order valence-corrected chi connectivity index (χ1v) is 10.2. The van der Waals surface area contributed by atoms with Gasteiger partial charge in [0, 0.05) is 6.54 Å². The Balaban J connectivity index is 1.94. The van der Waals surface area contributed by atoms with Gasteiger partial charge in [0.25, 0.3) is 0 Å². The van der Waals surface area contributed by atoms with Gasteiger partial charge in [0.05, 0.1) is 26.2 Å². The van der Waals surface area contributed by atoms with Crippen molar-refractivity contribution >= 4 is 21.6 Å². The molecule has 0 spiro atoms. The van der Waals surface area contributed by atoms with Gasteiger partial charge in [-0.05, 0) is 48.4 Å². The van der Waals surface area contributed by atoms with Crippen molar-refractivity contribution in [3.8, 4) is 11.5 Å². The number of carbonyl (C=O) groups is 1. The number of sulfonamides is 1. The van der Waals surface area contributed by atoms with Crippen LogP contribution in [0.2, 0.25) is 0 Å². The Labute approximate surface area is 160 Å². The zero-order chi connectivity index (χ0) is 19.9. The second-order valence-electron chi connectivity index (χ2n) is 5.92. The zero-order valence-electron chi connectivity index (χ0n) is 15.6. The van der Waals surface area contributed by atoms with E-state index in [1.807, 2.05) is 24.3 Å². The molecule has 8 heteroatoms. The first-order chi connectivity index (χ1) is 12.8. The van der Waals surface area contributed by atoms with E-state index >= 15 is 0 Å². The minimum Gasteiger partial charge on any atom is -0.497 e. The van der Waals surface area contributed by atoms with Crippen molar-refractivity contribution < 1.29 is 22.7 Å². The van der Waals surface area contributed by atoms with E-state index in [-0.39, 0.29) is 12.5 Å². The van der Waals surface area contributed by atoms with Gasteiger partial charge in [0.15, 0.2) is 0 Å². The molecule has 0 saturated heterocycles. The van der Waals surface area contributed by atoms with Crippen LogP contribution in [0.1, 0.15) is 5.56 Å². The number of ether oxygens (including phenoxy) is 2. The lowest BCUT2D eigenvalue weighted by Gasteiger charge is -2.22. The van der Waals surface area contributed by atoms with E-state index in [9.17, 15) is 13.2 Å². The molecule has 0 saturated carbocycles. The number of rotatable bonds is 9. The average molecular weight is 392 g/mol. The Bertz CT molecular complexity index is 849. The second kappa shape index (κ2) is 9.27. The van der Waals surface area contributed by atoms with Crippen LogP contribution in [0.3, 0.4) is 0 Å². The summed E-state index contributed by atoms with van der Waals surface area (Å²) in [5.41, 5.74) is 1.45. The molecule has 0 fully saturated rings. The van der Waals surface area contributed by atoms with Crippen molar-refractivity contribution in [2.45, 2.75) is 6.42 Å². The third-order valence-corrected chi connectivity index (χ3v) is 5.08. The van der Waals surface area contributed by atoms with Gasteiger partial charge in [-0.2, -0.15) is 0 Å². The number of methoxy groups -OCH3 is 2. The summed E-state index contributed by atoms with van der Waals surface area (Å²) < 4.78 is 35.4. The Kier molecular flexibility index (Phi) is 7.06. The Morgan fingerprint density at radius 1 is 0.963 bits per heavy atom. The predicted molar refractivity (Wildman–Crippen MR) is 105 cm³/mol. The smallest absolute Gasteiger partial charge is 0.240 e. The topological polar surface area (TPSA) is 84.9 Å². The molecule has 0 aromatic heterocycles. The summed E-state index contributed by atoms with van der Waals surface area (Å²) in [6.45, 7) is 0.124. The molecule has 146 valence electrons. The van der Waals surface area contributed by atoms with Crippen LogP contribution in [-0.2, 0) is 21.2 Å². The first kappa shape index (κ1) is 20.6. The van der Waals surface area contributed by atoms with Crippen molar-refractivity contribution in [1.82, 2.24) is 5.32 Å². The molecule has 0 unspecified atom stereocenters. The van der Waals surface area contributed by atoms with E-state index < -0.39 is 10.0 Å². The molecule has 0 aliphatic carbocycles. The molecule has 0 heterocycles. The van der Waals surface area contributed by atoms with Crippen molar-refractivity contribution in [3.63, 3.8) is 0 Å². The van der Waals surface area contributed by atoms with E-state index in [2.05, 4.69) is 5.32 Å². The fraction of sp³-hybridized carbons (Fsp3) is 0.316. The summed E-state index contributed by atoms with van der Waals surface area (Å²) in [6.07, 6.45) is 1.71. The maximum atomic E-state index is 12.2. The third-order valence-electron chi connectivity index (χ3n) is 3.94. The normalized spacial score (nSPS) is 10.9. The lowest BCUT2D eigenvalue weighted by Crippen LogP contribution is -2.40. The maximum Gasteiger partial charge on any atom is 0.240 e. The number of nitrogens with zero attached hydrogens (tertiary/aromatic N) is 1. The molecule has 7 nitrogen and oxygen atoms in total. The van der Waals surface area contributed by atoms with Crippen LogP contribution in [0.25, 0.3) is 0 Å². The monoisotopic (exact) mass is 392 g/mol. The standard InChI is InChI=1S/C19H24N2O5S/c1-25-17-8-4-15(5-9-17)12-13-20-19(22)14-21(27(3,23)24)16-6-10-18(26-2)11-7-16/h4-11H,12-14H2,1-3H3,(H,20,22). The molecular formula is C19H24N2O5S. The van der Waals surface area contributed by atoms with Gasteiger partial charge >= 0.3 is 0 Å². The third kappa shape index (κ3) is 6.18. The molecule has 0 atom stereocenters. The molecule has 2 rings (SSSR count). The lowest BCUT2D eigenvalue weighted by atomic mass is 10.1. The van der Waals surface area contributed by atoms with Crippen LogP contribution in [0.15, 0.2) is 48.5 Å². The molecule has 0 bridgehead atoms. The molecule has 27 heavy (non-hydrogen) atoms. The van der Waals surface area contributed by atoms with Gasteiger partial charge < -0.3 is 14.8 Å². The highest BCUT2D eigenvalue weighted by molar-refractivity contribution is 7.92. The maximum absolute atomic E-state index is 12.2. The summed E-state index contributed by atoms with van der Waals surface area (Å²) in [5.74, 6) is 1.01. The van der Waals surface area contributed by atoms with Crippen LogP contribution < -0.4 is 19.1 Å². The number of hydrogen-bond donors (Lipinski definition) is 1. The van der Waals surface area contributed by atoms with Crippen molar-refractivity contribution in [2.75, 3.05) is 37.9 Å². The number of benzene rings is 2. The van der Waals surface area contributed by atoms with Crippen LogP contribution >= 0.6 is 0 Å². The highest BCUT2D eigenvalue weighted by atomic mass is 32.2. The number of amides is 1. The van der Waals surface area contributed by atoms with Crippen molar-refractivity contribution in [1.29, 1.82) is 0 Å². The average Bonchev–Trinajstić information content (AvgIpc) is 2.66. The zero-order valence-corrected chi connectivity index (χ0v) is 16.5. The number of nitrogens with one attached hydrogen (secondary N) is 1. The Morgan fingerprint density at radius 3 is 1.96 bits per heavy atom. The van der Waals surface area contributed by atoms with Gasteiger partial charge in [-0.15, -0.1) is 0 Å². The highest BCUT2D eigenvalue weighted by Crippen LogP contribution is 2.21. The molecule has 0 aliphatic heterocycles. The van der Waals surface area contributed by atoms with E-state index in [1.165, 1.54) is 7.11 Å². The van der Waals surface area contributed by atoms with E-state index in [1.54, 1.807) is 31.4 Å². The van der Waals surface area contributed by atoms with Crippen LogP contribution in [0, 0.1) is 0 Å².